The molecule has 1 aromatic carbocycles. The number of aromatic carboxylic acids is 1. The normalized spacial score (nSPS) is 10.3. The Morgan fingerprint density at radius 3 is 2.62 bits per heavy atom. The van der Waals surface area contributed by atoms with Crippen molar-refractivity contribution in [1.29, 1.82) is 0 Å². The van der Waals surface area contributed by atoms with Crippen molar-refractivity contribution in [2.45, 2.75) is 6.92 Å². The summed E-state index contributed by atoms with van der Waals surface area (Å²) in [6, 6.07) is 6.73. The minimum Gasteiger partial charge on any atom is -0.507 e. The van der Waals surface area contributed by atoms with Crippen molar-refractivity contribution in [3.8, 4) is 16.3 Å². The summed E-state index contributed by atoms with van der Waals surface area (Å²) < 4.78 is 0. The molecule has 2 N–H and O–H groups in total. The molecule has 0 radical (unpaired) electrons. The number of hydrogen-bond acceptors (Lipinski definition) is 4. The van der Waals surface area contributed by atoms with Crippen LogP contribution in [0.1, 0.15) is 15.4 Å². The first-order chi connectivity index (χ1) is 7.59. The van der Waals surface area contributed by atoms with E-state index >= 15 is 0 Å². The topological polar surface area (TPSA) is 70.4 Å². The Kier molecular flexibility index (Phi) is 2.62. The number of benzene rings is 1. The fourth-order valence-electron chi connectivity index (χ4n) is 1.36. The quantitative estimate of drug-likeness (QED) is 0.839. The monoisotopic (exact) mass is 235 g/mol. The molecular weight excluding hydrogens is 226 g/mol. The van der Waals surface area contributed by atoms with Gasteiger partial charge in [0.15, 0.2) is 0 Å². The molecule has 0 unspecified atom stereocenters. The minimum atomic E-state index is -0.989. The van der Waals surface area contributed by atoms with Crippen LogP contribution < -0.4 is 0 Å². The number of aryl methyl sites for hydroxylation is 1. The maximum Gasteiger partial charge on any atom is 0.347 e. The minimum absolute atomic E-state index is 0.105. The maximum atomic E-state index is 10.9. The number of aromatic hydroxyl groups is 1. The summed E-state index contributed by atoms with van der Waals surface area (Å²) in [6.45, 7) is 1.64. The molecule has 0 saturated heterocycles. The van der Waals surface area contributed by atoms with Gasteiger partial charge in [0.2, 0.25) is 0 Å². The zero-order valence-electron chi connectivity index (χ0n) is 8.47. The average molecular weight is 235 g/mol. The number of aromatic nitrogens is 1. The molecule has 0 aliphatic rings. The zero-order valence-corrected chi connectivity index (χ0v) is 9.28. The molecule has 1 aromatic heterocycles. The van der Waals surface area contributed by atoms with Gasteiger partial charge in [-0.15, -0.1) is 11.3 Å². The van der Waals surface area contributed by atoms with Crippen LogP contribution in [0.5, 0.6) is 5.75 Å². The van der Waals surface area contributed by atoms with E-state index in [-0.39, 0.29) is 10.6 Å². The third-order valence-electron chi connectivity index (χ3n) is 2.13. The number of nitrogens with zero attached hydrogens (tertiary/aromatic N) is 1. The van der Waals surface area contributed by atoms with Gasteiger partial charge in [0.05, 0.1) is 11.3 Å². The highest BCUT2D eigenvalue weighted by molar-refractivity contribution is 7.17. The van der Waals surface area contributed by atoms with Crippen LogP contribution in [0, 0.1) is 6.92 Å². The maximum absolute atomic E-state index is 10.9. The highest BCUT2D eigenvalue weighted by atomic mass is 32.1. The molecular formula is C11H9NO3S. The number of para-hydroxylation sites is 1. The number of phenolic OH excluding ortho intramolecular Hbond substituents is 1. The number of phenols is 1. The summed E-state index contributed by atoms with van der Waals surface area (Å²) in [6.07, 6.45) is 0. The van der Waals surface area contributed by atoms with Gasteiger partial charge in [-0.2, -0.15) is 0 Å². The van der Waals surface area contributed by atoms with E-state index in [0.29, 0.717) is 16.3 Å². The van der Waals surface area contributed by atoms with Gasteiger partial charge in [0, 0.05) is 0 Å². The second kappa shape index (κ2) is 3.94. The van der Waals surface area contributed by atoms with Crippen molar-refractivity contribution in [3.63, 3.8) is 0 Å². The lowest BCUT2D eigenvalue weighted by molar-refractivity contribution is 0.0701. The van der Waals surface area contributed by atoms with Crippen molar-refractivity contribution >= 4 is 17.3 Å². The molecule has 5 heteroatoms. The average Bonchev–Trinajstić information content (AvgIpc) is 2.61. The molecule has 0 saturated carbocycles. The van der Waals surface area contributed by atoms with E-state index in [9.17, 15) is 9.90 Å². The number of thiazole rings is 1. The molecule has 1 heterocycles. The Morgan fingerprint density at radius 1 is 1.38 bits per heavy atom. The van der Waals surface area contributed by atoms with Gasteiger partial charge in [0.1, 0.15) is 15.6 Å². The number of carbonyl (C=O) groups is 1. The van der Waals surface area contributed by atoms with Crippen LogP contribution in [0.3, 0.4) is 0 Å². The smallest absolute Gasteiger partial charge is 0.347 e. The second-order valence-electron chi connectivity index (χ2n) is 3.26. The molecule has 2 rings (SSSR count). The molecule has 0 amide bonds. The van der Waals surface area contributed by atoms with Crippen LogP contribution in [0.25, 0.3) is 10.6 Å². The molecule has 0 spiro atoms. The third kappa shape index (κ3) is 1.77. The summed E-state index contributed by atoms with van der Waals surface area (Å²) >= 11 is 1.06. The van der Waals surface area contributed by atoms with Crippen LogP contribution >= 0.6 is 11.3 Å². The van der Waals surface area contributed by atoms with Crippen LogP contribution in [-0.4, -0.2) is 21.2 Å². The lowest BCUT2D eigenvalue weighted by Crippen LogP contribution is -1.94. The first-order valence-corrected chi connectivity index (χ1v) is 5.40. The van der Waals surface area contributed by atoms with Crippen molar-refractivity contribution in [2.24, 2.45) is 0 Å². The molecule has 0 bridgehead atoms. The summed E-state index contributed by atoms with van der Waals surface area (Å²) in [5.74, 6) is -0.884. The molecule has 0 atom stereocenters. The predicted octanol–water partition coefficient (Wildman–Crippen LogP) is 2.52. The molecule has 4 nitrogen and oxygen atoms in total. The van der Waals surface area contributed by atoms with Crippen LogP contribution in [0.4, 0.5) is 0 Å². The summed E-state index contributed by atoms with van der Waals surface area (Å²) in [5, 5.41) is 19.0. The van der Waals surface area contributed by atoms with E-state index in [2.05, 4.69) is 4.98 Å². The molecule has 16 heavy (non-hydrogen) atoms. The molecule has 2 aromatic rings. The van der Waals surface area contributed by atoms with E-state index in [1.54, 1.807) is 31.2 Å². The van der Waals surface area contributed by atoms with E-state index in [0.717, 1.165) is 11.3 Å². The summed E-state index contributed by atoms with van der Waals surface area (Å²) in [4.78, 5) is 15.2. The fraction of sp³-hybridized carbons (Fsp3) is 0.0909. The van der Waals surface area contributed by atoms with Gasteiger partial charge < -0.3 is 10.2 Å². The van der Waals surface area contributed by atoms with Crippen molar-refractivity contribution in [3.05, 3.63) is 34.8 Å². The highest BCUT2D eigenvalue weighted by Crippen LogP contribution is 2.33. The van der Waals surface area contributed by atoms with Gasteiger partial charge in [-0.3, -0.25) is 0 Å². The lowest BCUT2D eigenvalue weighted by Gasteiger charge is -1.98. The summed E-state index contributed by atoms with van der Waals surface area (Å²) in [5.41, 5.74) is 1.03. The van der Waals surface area contributed by atoms with E-state index in [1.807, 2.05) is 0 Å². The first kappa shape index (κ1) is 10.6. The number of carboxylic acid groups (broad SMARTS) is 1. The predicted molar refractivity (Wildman–Crippen MR) is 60.9 cm³/mol. The Labute approximate surface area is 95.8 Å². The highest BCUT2D eigenvalue weighted by Gasteiger charge is 2.16. The van der Waals surface area contributed by atoms with E-state index in [1.165, 1.54) is 0 Å². The van der Waals surface area contributed by atoms with Gasteiger partial charge >= 0.3 is 5.97 Å². The molecule has 0 fully saturated rings. The van der Waals surface area contributed by atoms with Gasteiger partial charge in [-0.05, 0) is 19.1 Å². The Bertz CT molecular complexity index is 548. The Balaban J connectivity index is 2.54. The van der Waals surface area contributed by atoms with E-state index < -0.39 is 5.97 Å². The van der Waals surface area contributed by atoms with Gasteiger partial charge in [-0.25, -0.2) is 9.78 Å². The van der Waals surface area contributed by atoms with Crippen LogP contribution in [-0.2, 0) is 0 Å². The van der Waals surface area contributed by atoms with Crippen molar-refractivity contribution in [1.82, 2.24) is 4.98 Å². The first-order valence-electron chi connectivity index (χ1n) is 4.58. The third-order valence-corrected chi connectivity index (χ3v) is 3.30. The Hall–Kier alpha value is -1.88. The van der Waals surface area contributed by atoms with Gasteiger partial charge in [-0.1, -0.05) is 12.1 Å². The van der Waals surface area contributed by atoms with Crippen LogP contribution in [0.15, 0.2) is 24.3 Å². The van der Waals surface area contributed by atoms with Gasteiger partial charge in [0.25, 0.3) is 0 Å². The molecule has 82 valence electrons. The molecule has 0 aliphatic heterocycles. The number of rotatable bonds is 2. The zero-order chi connectivity index (χ0) is 11.7. The number of carboxylic acids is 1. The largest absolute Gasteiger partial charge is 0.507 e. The van der Waals surface area contributed by atoms with Crippen molar-refractivity contribution < 1.29 is 15.0 Å². The van der Waals surface area contributed by atoms with Crippen molar-refractivity contribution in [2.75, 3.05) is 0 Å². The standard InChI is InChI=1S/C11H9NO3S/c1-6-9(11(14)15)16-10(12-6)7-4-2-3-5-8(7)13/h2-5,13H,1H3,(H,14,15). The Morgan fingerprint density at radius 2 is 2.06 bits per heavy atom. The SMILES string of the molecule is Cc1nc(-c2ccccc2O)sc1C(=O)O. The van der Waals surface area contributed by atoms with E-state index in [4.69, 9.17) is 5.11 Å². The number of hydrogen-bond donors (Lipinski definition) is 2. The molecule has 0 aliphatic carbocycles. The fourth-order valence-corrected chi connectivity index (χ4v) is 2.30. The van der Waals surface area contributed by atoms with Crippen LogP contribution in [0.2, 0.25) is 0 Å². The lowest BCUT2D eigenvalue weighted by atomic mass is 10.2. The summed E-state index contributed by atoms with van der Waals surface area (Å²) in [7, 11) is 0. The second-order valence-corrected chi connectivity index (χ2v) is 4.25.